The smallest absolute Gasteiger partial charge is 0.0894 e. The lowest BCUT2D eigenvalue weighted by Crippen LogP contribution is -2.30. The zero-order valence-corrected chi connectivity index (χ0v) is 10.9. The quantitative estimate of drug-likeness (QED) is 0.417. The molecule has 0 unspecified atom stereocenters. The van der Waals surface area contributed by atoms with Crippen LogP contribution in [0.4, 0.5) is 0 Å². The van der Waals surface area contributed by atoms with E-state index in [0.717, 1.165) is 19.4 Å². The lowest BCUT2D eigenvalue weighted by atomic mass is 10.0. The van der Waals surface area contributed by atoms with Gasteiger partial charge in [0, 0.05) is 6.54 Å². The van der Waals surface area contributed by atoms with Gasteiger partial charge in [0.05, 0.1) is 12.7 Å². The first-order chi connectivity index (χ1) is 7.56. The van der Waals surface area contributed by atoms with Crippen molar-refractivity contribution in [2.45, 2.75) is 46.1 Å². The fourth-order valence-electron chi connectivity index (χ4n) is 1.48. The first-order valence-electron chi connectivity index (χ1n) is 6.19. The van der Waals surface area contributed by atoms with Gasteiger partial charge in [0.1, 0.15) is 0 Å². The highest BCUT2D eigenvalue weighted by Gasteiger charge is 2.03. The van der Waals surface area contributed by atoms with E-state index < -0.39 is 6.10 Å². The van der Waals surface area contributed by atoms with E-state index in [1.54, 1.807) is 0 Å². The molecule has 16 heavy (non-hydrogen) atoms. The third-order valence-electron chi connectivity index (χ3n) is 2.62. The summed E-state index contributed by atoms with van der Waals surface area (Å²) in [5, 5.41) is 20.9. The third-order valence-corrected chi connectivity index (χ3v) is 2.62. The molecular formula is C13H27NO2. The average Bonchev–Trinajstić information content (AvgIpc) is 2.23. The molecule has 96 valence electrons. The van der Waals surface area contributed by atoms with Crippen molar-refractivity contribution >= 4 is 0 Å². The molecule has 3 nitrogen and oxygen atoms in total. The Morgan fingerprint density at radius 2 is 2.00 bits per heavy atom. The van der Waals surface area contributed by atoms with E-state index in [0.29, 0.717) is 12.5 Å². The molecule has 0 aromatic heterocycles. The number of aliphatic hydroxyl groups is 2. The highest BCUT2D eigenvalue weighted by atomic mass is 16.3. The number of hydrogen-bond donors (Lipinski definition) is 3. The maximum atomic E-state index is 9.11. The summed E-state index contributed by atoms with van der Waals surface area (Å²) in [7, 11) is 0. The first-order valence-corrected chi connectivity index (χ1v) is 6.19. The van der Waals surface area contributed by atoms with Gasteiger partial charge in [-0.05, 0) is 45.6 Å². The Bertz CT molecular complexity index is 188. The molecule has 0 spiro atoms. The Hall–Kier alpha value is -0.380. The van der Waals surface area contributed by atoms with E-state index in [9.17, 15) is 0 Å². The van der Waals surface area contributed by atoms with Crippen LogP contribution in [0.3, 0.4) is 0 Å². The van der Waals surface area contributed by atoms with Gasteiger partial charge in [0.2, 0.25) is 0 Å². The molecule has 3 N–H and O–H groups in total. The van der Waals surface area contributed by atoms with Crippen LogP contribution < -0.4 is 5.32 Å². The van der Waals surface area contributed by atoms with Gasteiger partial charge >= 0.3 is 0 Å². The minimum Gasteiger partial charge on any atom is -0.394 e. The molecule has 3 heteroatoms. The van der Waals surface area contributed by atoms with Gasteiger partial charge in [-0.25, -0.2) is 0 Å². The summed E-state index contributed by atoms with van der Waals surface area (Å²) in [4.78, 5) is 0. The van der Waals surface area contributed by atoms with Crippen molar-refractivity contribution in [3.05, 3.63) is 11.6 Å². The molecule has 0 aliphatic carbocycles. The standard InChI is InChI=1S/C13H27NO2/c1-11(2)5-4-6-12(3)7-8-14-9-13(16)10-15/h5,12-16H,4,6-10H2,1-3H3/t12-,13+/m1/s1. The molecule has 2 atom stereocenters. The minimum absolute atomic E-state index is 0.164. The van der Waals surface area contributed by atoms with Crippen molar-refractivity contribution in [1.82, 2.24) is 5.32 Å². The molecule has 0 aliphatic rings. The van der Waals surface area contributed by atoms with Gasteiger partial charge < -0.3 is 15.5 Å². The monoisotopic (exact) mass is 229 g/mol. The molecule has 0 radical (unpaired) electrons. The number of allylic oxidation sites excluding steroid dienone is 2. The third kappa shape index (κ3) is 10.1. The summed E-state index contributed by atoms with van der Waals surface area (Å²) >= 11 is 0. The summed E-state index contributed by atoms with van der Waals surface area (Å²) in [5.74, 6) is 0.703. The van der Waals surface area contributed by atoms with E-state index in [-0.39, 0.29) is 6.61 Å². The van der Waals surface area contributed by atoms with Crippen molar-refractivity contribution < 1.29 is 10.2 Å². The largest absolute Gasteiger partial charge is 0.394 e. The lowest BCUT2D eigenvalue weighted by Gasteiger charge is -2.12. The summed E-state index contributed by atoms with van der Waals surface area (Å²) < 4.78 is 0. The van der Waals surface area contributed by atoms with Crippen LogP contribution in [0.5, 0.6) is 0 Å². The van der Waals surface area contributed by atoms with E-state index in [2.05, 4.69) is 32.2 Å². The summed E-state index contributed by atoms with van der Waals surface area (Å²) in [6, 6.07) is 0. The number of rotatable bonds is 9. The van der Waals surface area contributed by atoms with Crippen LogP contribution in [0.25, 0.3) is 0 Å². The Morgan fingerprint density at radius 1 is 1.31 bits per heavy atom. The highest BCUT2D eigenvalue weighted by Crippen LogP contribution is 2.10. The van der Waals surface area contributed by atoms with Gasteiger partial charge in [-0.1, -0.05) is 18.6 Å². The van der Waals surface area contributed by atoms with Gasteiger partial charge in [-0.15, -0.1) is 0 Å². The zero-order valence-electron chi connectivity index (χ0n) is 10.9. The van der Waals surface area contributed by atoms with Crippen molar-refractivity contribution in [1.29, 1.82) is 0 Å². The molecule has 0 fully saturated rings. The van der Waals surface area contributed by atoms with Gasteiger partial charge in [-0.2, -0.15) is 0 Å². The van der Waals surface area contributed by atoms with Gasteiger partial charge in [0.15, 0.2) is 0 Å². The second-order valence-corrected chi connectivity index (χ2v) is 4.79. The molecule has 0 saturated heterocycles. The minimum atomic E-state index is -0.624. The van der Waals surface area contributed by atoms with Crippen LogP contribution in [-0.4, -0.2) is 36.0 Å². The first kappa shape index (κ1) is 15.6. The predicted octanol–water partition coefficient (Wildman–Crippen LogP) is 1.70. The average molecular weight is 229 g/mol. The van der Waals surface area contributed by atoms with Gasteiger partial charge in [-0.3, -0.25) is 0 Å². The maximum absolute atomic E-state index is 9.11. The molecule has 0 rings (SSSR count). The molecule has 0 bridgehead atoms. The van der Waals surface area contributed by atoms with Crippen molar-refractivity contribution in [3.8, 4) is 0 Å². The van der Waals surface area contributed by atoms with Crippen LogP contribution in [0.1, 0.15) is 40.0 Å². The molecule has 0 aliphatic heterocycles. The molecule has 0 amide bonds. The molecular weight excluding hydrogens is 202 g/mol. The van der Waals surface area contributed by atoms with Crippen LogP contribution in [0.15, 0.2) is 11.6 Å². The fraction of sp³-hybridized carbons (Fsp3) is 0.846. The zero-order chi connectivity index (χ0) is 12.4. The van der Waals surface area contributed by atoms with Crippen LogP contribution in [0.2, 0.25) is 0 Å². The SMILES string of the molecule is CC(C)=CCC[C@@H](C)CCNC[C@H](O)CO. The van der Waals surface area contributed by atoms with Crippen molar-refractivity contribution in [2.75, 3.05) is 19.7 Å². The number of nitrogens with one attached hydrogen (secondary N) is 1. The topological polar surface area (TPSA) is 52.5 Å². The van der Waals surface area contributed by atoms with Crippen LogP contribution in [0, 0.1) is 5.92 Å². The van der Waals surface area contributed by atoms with E-state index in [1.165, 1.54) is 12.0 Å². The Labute approximate surface area is 99.6 Å². The summed E-state index contributed by atoms with van der Waals surface area (Å²) in [6.45, 7) is 7.74. The number of hydrogen-bond acceptors (Lipinski definition) is 3. The van der Waals surface area contributed by atoms with Crippen molar-refractivity contribution in [2.24, 2.45) is 5.92 Å². The summed E-state index contributed by atoms with van der Waals surface area (Å²) in [6.07, 6.45) is 5.15. The Balaban J connectivity index is 3.37. The summed E-state index contributed by atoms with van der Waals surface area (Å²) in [5.41, 5.74) is 1.39. The Kier molecular flexibility index (Phi) is 9.59. The molecule has 0 aromatic rings. The van der Waals surface area contributed by atoms with Crippen LogP contribution in [-0.2, 0) is 0 Å². The van der Waals surface area contributed by atoms with Crippen molar-refractivity contribution in [3.63, 3.8) is 0 Å². The van der Waals surface area contributed by atoms with Gasteiger partial charge in [0.25, 0.3) is 0 Å². The molecule has 0 heterocycles. The second-order valence-electron chi connectivity index (χ2n) is 4.79. The maximum Gasteiger partial charge on any atom is 0.0894 e. The van der Waals surface area contributed by atoms with E-state index >= 15 is 0 Å². The molecule has 0 saturated carbocycles. The number of aliphatic hydroxyl groups excluding tert-OH is 2. The Morgan fingerprint density at radius 3 is 2.56 bits per heavy atom. The predicted molar refractivity (Wildman–Crippen MR) is 68.4 cm³/mol. The highest BCUT2D eigenvalue weighted by molar-refractivity contribution is 4.92. The second kappa shape index (κ2) is 9.82. The van der Waals surface area contributed by atoms with Crippen LogP contribution >= 0.6 is 0 Å². The van der Waals surface area contributed by atoms with E-state index in [4.69, 9.17) is 10.2 Å². The van der Waals surface area contributed by atoms with E-state index in [1.807, 2.05) is 0 Å². The lowest BCUT2D eigenvalue weighted by molar-refractivity contribution is 0.0943. The normalized spacial score (nSPS) is 14.6. The fourth-order valence-corrected chi connectivity index (χ4v) is 1.48. The molecule has 0 aromatic carbocycles.